The number of carbonyl (C=O) groups excluding carboxylic acids is 1. The third-order valence-corrected chi connectivity index (χ3v) is 4.38. The minimum atomic E-state index is -0.0565. The fraction of sp³-hybridized carbons (Fsp3) is 0.217. The van der Waals surface area contributed by atoms with E-state index in [1.165, 1.54) is 6.92 Å². The average Bonchev–Trinajstić information content (AvgIpc) is 2.73. The molecule has 0 fully saturated rings. The van der Waals surface area contributed by atoms with Crippen LogP contribution in [-0.4, -0.2) is 25.0 Å². The van der Waals surface area contributed by atoms with Crippen molar-refractivity contribution in [1.82, 2.24) is 4.98 Å². The molecule has 0 spiro atoms. The molecule has 0 saturated heterocycles. The first kappa shape index (κ1) is 19.4. The van der Waals surface area contributed by atoms with Crippen LogP contribution in [-0.2, 0) is 13.0 Å². The summed E-state index contributed by atoms with van der Waals surface area (Å²) >= 11 is 0. The van der Waals surface area contributed by atoms with Crippen LogP contribution in [0.4, 0.5) is 0 Å². The highest BCUT2D eigenvalue weighted by atomic mass is 16.5. The Morgan fingerprint density at radius 1 is 0.929 bits per heavy atom. The molecule has 0 aliphatic rings. The minimum absolute atomic E-state index is 0.0565. The highest BCUT2D eigenvalue weighted by Gasteiger charge is 2.12. The molecule has 0 atom stereocenters. The van der Waals surface area contributed by atoms with Gasteiger partial charge in [0.15, 0.2) is 5.78 Å². The molecule has 0 bridgehead atoms. The van der Waals surface area contributed by atoms with Crippen LogP contribution in [0.2, 0.25) is 0 Å². The van der Waals surface area contributed by atoms with Crippen LogP contribution >= 0.6 is 0 Å². The van der Waals surface area contributed by atoms with Crippen LogP contribution in [0.25, 0.3) is 0 Å². The van der Waals surface area contributed by atoms with Crippen molar-refractivity contribution < 1.29 is 19.0 Å². The molecule has 0 aliphatic carbocycles. The third kappa shape index (κ3) is 4.88. The maximum absolute atomic E-state index is 12.1. The predicted molar refractivity (Wildman–Crippen MR) is 107 cm³/mol. The highest BCUT2D eigenvalue weighted by Crippen LogP contribution is 2.23. The first-order valence-electron chi connectivity index (χ1n) is 8.97. The first-order valence-corrected chi connectivity index (χ1v) is 8.97. The van der Waals surface area contributed by atoms with Gasteiger partial charge in [0, 0.05) is 12.1 Å². The van der Waals surface area contributed by atoms with Crippen molar-refractivity contribution in [2.24, 2.45) is 0 Å². The Balaban J connectivity index is 1.75. The lowest BCUT2D eigenvalue weighted by Gasteiger charge is -2.12. The lowest BCUT2D eigenvalue weighted by atomic mass is 10.1. The Bertz CT molecular complexity index is 951. The van der Waals surface area contributed by atoms with E-state index in [-0.39, 0.29) is 5.78 Å². The quantitative estimate of drug-likeness (QED) is 0.542. The van der Waals surface area contributed by atoms with Gasteiger partial charge in [-0.3, -0.25) is 9.78 Å². The van der Waals surface area contributed by atoms with Crippen LogP contribution in [0.3, 0.4) is 0 Å². The molecule has 2 aromatic carbocycles. The lowest BCUT2D eigenvalue weighted by Crippen LogP contribution is -2.05. The van der Waals surface area contributed by atoms with E-state index in [2.05, 4.69) is 4.98 Å². The number of Topliss-reactive ketones (excluding diaryl/α,β-unsaturated/α-hetero) is 1. The molecule has 5 nitrogen and oxygen atoms in total. The van der Waals surface area contributed by atoms with Gasteiger partial charge in [-0.1, -0.05) is 24.3 Å². The number of hydrogen-bond acceptors (Lipinski definition) is 5. The summed E-state index contributed by atoms with van der Waals surface area (Å²) in [4.78, 5) is 16.6. The molecule has 1 aromatic heterocycles. The van der Waals surface area contributed by atoms with Gasteiger partial charge in [0.05, 0.1) is 26.0 Å². The Hall–Kier alpha value is -3.34. The Morgan fingerprint density at radius 3 is 2.36 bits per heavy atom. The van der Waals surface area contributed by atoms with Crippen molar-refractivity contribution in [1.29, 1.82) is 0 Å². The van der Waals surface area contributed by atoms with E-state index in [9.17, 15) is 4.79 Å². The monoisotopic (exact) mass is 377 g/mol. The standard InChI is InChI=1S/C23H23NO4/c1-16(25)22-13-19(11-18-5-4-6-21(12-18)27-3)24-14-23(22)28-15-17-7-9-20(26-2)10-8-17/h4-10,12-14H,11,15H2,1-3H3. The number of ketones is 1. The zero-order valence-corrected chi connectivity index (χ0v) is 16.3. The van der Waals surface area contributed by atoms with E-state index in [0.29, 0.717) is 24.3 Å². The normalized spacial score (nSPS) is 10.4. The van der Waals surface area contributed by atoms with Gasteiger partial charge in [-0.05, 0) is 48.4 Å². The topological polar surface area (TPSA) is 57.6 Å². The molecule has 3 aromatic rings. The summed E-state index contributed by atoms with van der Waals surface area (Å²) in [6, 6.07) is 17.2. The number of ether oxygens (including phenoxy) is 3. The van der Waals surface area contributed by atoms with Gasteiger partial charge in [0.25, 0.3) is 0 Å². The largest absolute Gasteiger partial charge is 0.497 e. The van der Waals surface area contributed by atoms with Gasteiger partial charge in [-0.15, -0.1) is 0 Å². The summed E-state index contributed by atoms with van der Waals surface area (Å²) in [6.45, 7) is 1.88. The molecule has 0 N–H and O–H groups in total. The molecule has 5 heteroatoms. The summed E-state index contributed by atoms with van der Waals surface area (Å²) in [5.41, 5.74) is 3.38. The van der Waals surface area contributed by atoms with Crippen LogP contribution in [0.5, 0.6) is 17.2 Å². The fourth-order valence-corrected chi connectivity index (χ4v) is 2.85. The number of benzene rings is 2. The van der Waals surface area contributed by atoms with Crippen LogP contribution in [0.1, 0.15) is 34.1 Å². The minimum Gasteiger partial charge on any atom is -0.497 e. The predicted octanol–water partition coefficient (Wildman–Crippen LogP) is 4.47. The van der Waals surface area contributed by atoms with Crippen molar-refractivity contribution in [2.75, 3.05) is 14.2 Å². The van der Waals surface area contributed by atoms with E-state index in [4.69, 9.17) is 14.2 Å². The second kappa shape index (κ2) is 9.04. The van der Waals surface area contributed by atoms with Crippen molar-refractivity contribution in [3.8, 4) is 17.2 Å². The SMILES string of the molecule is COc1ccc(COc2cnc(Cc3cccc(OC)c3)cc2C(C)=O)cc1. The number of pyridine rings is 1. The molecule has 0 saturated carbocycles. The van der Waals surface area contributed by atoms with Gasteiger partial charge < -0.3 is 14.2 Å². The Kier molecular flexibility index (Phi) is 6.27. The zero-order valence-electron chi connectivity index (χ0n) is 16.3. The number of aromatic nitrogens is 1. The number of carbonyl (C=O) groups is 1. The van der Waals surface area contributed by atoms with Crippen LogP contribution in [0.15, 0.2) is 60.8 Å². The molecular formula is C23H23NO4. The molecule has 0 radical (unpaired) electrons. The number of methoxy groups -OCH3 is 2. The van der Waals surface area contributed by atoms with Crippen molar-refractivity contribution in [2.45, 2.75) is 20.0 Å². The molecule has 0 aliphatic heterocycles. The Morgan fingerprint density at radius 2 is 1.68 bits per heavy atom. The van der Waals surface area contributed by atoms with Gasteiger partial charge in [0.2, 0.25) is 0 Å². The molecule has 0 amide bonds. The second-order valence-corrected chi connectivity index (χ2v) is 6.39. The Labute approximate surface area is 164 Å². The molecular weight excluding hydrogens is 354 g/mol. The molecule has 3 rings (SSSR count). The summed E-state index contributed by atoms with van der Waals surface area (Å²) < 4.78 is 16.3. The number of rotatable bonds is 8. The van der Waals surface area contributed by atoms with Gasteiger partial charge >= 0.3 is 0 Å². The smallest absolute Gasteiger partial charge is 0.163 e. The van der Waals surface area contributed by atoms with Crippen molar-refractivity contribution >= 4 is 5.78 Å². The van der Waals surface area contributed by atoms with Crippen molar-refractivity contribution in [3.63, 3.8) is 0 Å². The zero-order chi connectivity index (χ0) is 19.9. The van der Waals surface area contributed by atoms with Crippen LogP contribution in [0, 0.1) is 0 Å². The molecule has 28 heavy (non-hydrogen) atoms. The van der Waals surface area contributed by atoms with Gasteiger partial charge in [-0.2, -0.15) is 0 Å². The van der Waals surface area contributed by atoms with E-state index in [0.717, 1.165) is 28.3 Å². The third-order valence-electron chi connectivity index (χ3n) is 4.38. The summed E-state index contributed by atoms with van der Waals surface area (Å²) in [6.07, 6.45) is 2.23. The molecule has 144 valence electrons. The molecule has 0 unspecified atom stereocenters. The van der Waals surface area contributed by atoms with E-state index >= 15 is 0 Å². The first-order chi connectivity index (χ1) is 13.6. The maximum atomic E-state index is 12.1. The summed E-state index contributed by atoms with van der Waals surface area (Å²) in [5.74, 6) is 2.01. The number of nitrogens with zero attached hydrogens (tertiary/aromatic N) is 1. The van der Waals surface area contributed by atoms with E-state index in [1.807, 2.05) is 48.5 Å². The summed E-state index contributed by atoms with van der Waals surface area (Å²) in [7, 11) is 3.27. The van der Waals surface area contributed by atoms with Gasteiger partial charge in [-0.25, -0.2) is 0 Å². The highest BCUT2D eigenvalue weighted by molar-refractivity contribution is 5.96. The number of hydrogen-bond donors (Lipinski definition) is 0. The van der Waals surface area contributed by atoms with E-state index in [1.54, 1.807) is 26.5 Å². The second-order valence-electron chi connectivity index (χ2n) is 6.39. The van der Waals surface area contributed by atoms with E-state index < -0.39 is 0 Å². The maximum Gasteiger partial charge on any atom is 0.163 e. The average molecular weight is 377 g/mol. The lowest BCUT2D eigenvalue weighted by molar-refractivity contribution is 0.101. The molecule has 1 heterocycles. The van der Waals surface area contributed by atoms with Gasteiger partial charge in [0.1, 0.15) is 23.9 Å². The van der Waals surface area contributed by atoms with Crippen molar-refractivity contribution in [3.05, 3.63) is 83.2 Å². The fourth-order valence-electron chi connectivity index (χ4n) is 2.85. The summed E-state index contributed by atoms with van der Waals surface area (Å²) in [5, 5.41) is 0. The van der Waals surface area contributed by atoms with Crippen LogP contribution < -0.4 is 14.2 Å².